The highest BCUT2D eigenvalue weighted by atomic mass is 32.1. The summed E-state index contributed by atoms with van der Waals surface area (Å²) >= 11 is 8.23. The van der Waals surface area contributed by atoms with Crippen LogP contribution in [0.1, 0.15) is 13.3 Å². The quantitative estimate of drug-likeness (QED) is 0.434. The molecule has 46 valence electrons. The Kier molecular flexibility index (Phi) is 4.19. The third-order valence-corrected chi connectivity index (χ3v) is 2.01. The highest BCUT2D eigenvalue weighted by molar-refractivity contribution is 7.88. The van der Waals surface area contributed by atoms with Gasteiger partial charge in [-0.15, -0.1) is 25.3 Å². The van der Waals surface area contributed by atoms with E-state index in [9.17, 15) is 0 Å². The minimum atomic E-state index is 0.871. The van der Waals surface area contributed by atoms with Crippen LogP contribution in [0.4, 0.5) is 0 Å². The topological polar surface area (TPSA) is 0 Å². The van der Waals surface area contributed by atoms with Gasteiger partial charge in [-0.25, -0.2) is 0 Å². The molecule has 0 amide bonds. The molecular weight excluding hydrogens is 136 g/mol. The van der Waals surface area contributed by atoms with Crippen molar-refractivity contribution in [2.75, 3.05) is 0 Å². The van der Waals surface area contributed by atoms with Crippen LogP contribution in [0, 0.1) is 0 Å². The second kappa shape index (κ2) is 4.10. The number of thiol groups is 2. The molecule has 0 heterocycles. The normalized spacial score (nSPS) is 12.9. The van der Waals surface area contributed by atoms with Crippen molar-refractivity contribution < 1.29 is 0 Å². The molecule has 8 heavy (non-hydrogen) atoms. The van der Waals surface area contributed by atoms with Crippen molar-refractivity contribution in [3.05, 3.63) is 22.5 Å². The predicted octanol–water partition coefficient (Wildman–Crippen LogP) is 2.65. The summed E-state index contributed by atoms with van der Waals surface area (Å²) < 4.78 is 0. The average Bonchev–Trinajstić information content (AvgIpc) is 1.84. The first-order valence-corrected chi connectivity index (χ1v) is 3.35. The molecule has 0 spiro atoms. The third-order valence-electron chi connectivity index (χ3n) is 0.824. The van der Waals surface area contributed by atoms with Crippen LogP contribution in [0.3, 0.4) is 0 Å². The van der Waals surface area contributed by atoms with Crippen LogP contribution in [-0.2, 0) is 0 Å². The number of hydrogen-bond acceptors (Lipinski definition) is 2. The zero-order valence-electron chi connectivity index (χ0n) is 4.89. The SMILES string of the molecule is C=C/C(S)=C(/S)CC. The summed E-state index contributed by atoms with van der Waals surface area (Å²) in [5, 5.41) is 0. The summed E-state index contributed by atoms with van der Waals surface area (Å²) in [5.41, 5.74) is 0. The van der Waals surface area contributed by atoms with Gasteiger partial charge in [0.05, 0.1) is 0 Å². The van der Waals surface area contributed by atoms with Gasteiger partial charge in [-0.1, -0.05) is 19.6 Å². The number of allylic oxidation sites excluding steroid dienone is 2. The Hall–Kier alpha value is 0.180. The van der Waals surface area contributed by atoms with E-state index in [0.29, 0.717) is 0 Å². The summed E-state index contributed by atoms with van der Waals surface area (Å²) in [6.45, 7) is 5.58. The first-order chi connectivity index (χ1) is 3.72. The van der Waals surface area contributed by atoms with Crippen LogP contribution in [0.15, 0.2) is 22.5 Å². The molecule has 0 aromatic rings. The minimum absolute atomic E-state index is 0.871. The molecule has 0 aromatic carbocycles. The molecule has 2 heteroatoms. The van der Waals surface area contributed by atoms with Gasteiger partial charge in [0.15, 0.2) is 0 Å². The summed E-state index contributed by atoms with van der Waals surface area (Å²) in [6, 6.07) is 0. The molecule has 0 aliphatic rings. The van der Waals surface area contributed by atoms with Gasteiger partial charge < -0.3 is 0 Å². The molecule has 0 bridgehead atoms. The Bertz CT molecular complexity index is 114. The van der Waals surface area contributed by atoms with Gasteiger partial charge in [-0.2, -0.15) is 0 Å². The van der Waals surface area contributed by atoms with Crippen molar-refractivity contribution in [2.24, 2.45) is 0 Å². The number of rotatable bonds is 2. The number of hydrogen-bond donors (Lipinski definition) is 2. The molecule has 0 rings (SSSR count). The standard InChI is InChI=1S/C6H10S2/c1-3-5(7)6(8)4-2/h3,7-8H,1,4H2,2H3/b6-5-. The maximum Gasteiger partial charge on any atom is 0.0127 e. The molecule has 0 fully saturated rings. The lowest BCUT2D eigenvalue weighted by atomic mass is 10.4. The van der Waals surface area contributed by atoms with Crippen LogP contribution in [0.25, 0.3) is 0 Å². The van der Waals surface area contributed by atoms with Crippen LogP contribution in [-0.4, -0.2) is 0 Å². The van der Waals surface area contributed by atoms with Crippen LogP contribution in [0.5, 0.6) is 0 Å². The molecule has 0 saturated heterocycles. The lowest BCUT2D eigenvalue weighted by Gasteiger charge is -1.94. The molecule has 0 nitrogen and oxygen atoms in total. The van der Waals surface area contributed by atoms with Gasteiger partial charge in [-0.05, 0) is 11.3 Å². The van der Waals surface area contributed by atoms with Gasteiger partial charge in [0.2, 0.25) is 0 Å². The van der Waals surface area contributed by atoms with Crippen LogP contribution >= 0.6 is 25.3 Å². The molecule has 0 aromatic heterocycles. The van der Waals surface area contributed by atoms with E-state index in [-0.39, 0.29) is 0 Å². The Labute approximate surface area is 61.5 Å². The van der Waals surface area contributed by atoms with Crippen LogP contribution < -0.4 is 0 Å². The van der Waals surface area contributed by atoms with Gasteiger partial charge in [0.1, 0.15) is 0 Å². The van der Waals surface area contributed by atoms with Gasteiger partial charge >= 0.3 is 0 Å². The van der Waals surface area contributed by atoms with E-state index in [2.05, 4.69) is 31.8 Å². The predicted molar refractivity (Wildman–Crippen MR) is 45.5 cm³/mol. The lowest BCUT2D eigenvalue weighted by Crippen LogP contribution is -1.69. The largest absolute Gasteiger partial charge is 0.147 e. The van der Waals surface area contributed by atoms with Gasteiger partial charge in [0.25, 0.3) is 0 Å². The summed E-state index contributed by atoms with van der Waals surface area (Å²) in [4.78, 5) is 1.86. The summed E-state index contributed by atoms with van der Waals surface area (Å²) in [5.74, 6) is 0. The van der Waals surface area contributed by atoms with Crippen molar-refractivity contribution in [2.45, 2.75) is 13.3 Å². The van der Waals surface area contributed by atoms with Crippen molar-refractivity contribution in [1.82, 2.24) is 0 Å². The zero-order valence-corrected chi connectivity index (χ0v) is 6.67. The monoisotopic (exact) mass is 146 g/mol. The second-order valence-electron chi connectivity index (χ2n) is 1.39. The highest BCUT2D eigenvalue weighted by Crippen LogP contribution is 2.15. The lowest BCUT2D eigenvalue weighted by molar-refractivity contribution is 1.20. The molecule has 0 aliphatic heterocycles. The van der Waals surface area contributed by atoms with E-state index >= 15 is 0 Å². The molecule has 0 aliphatic carbocycles. The highest BCUT2D eigenvalue weighted by Gasteiger charge is 1.87. The van der Waals surface area contributed by atoms with Crippen molar-refractivity contribution >= 4 is 25.3 Å². The fourth-order valence-corrected chi connectivity index (χ4v) is 0.548. The zero-order chi connectivity index (χ0) is 6.57. The maximum atomic E-state index is 4.14. The Morgan fingerprint density at radius 3 is 2.25 bits per heavy atom. The van der Waals surface area contributed by atoms with E-state index < -0.39 is 0 Å². The Balaban J connectivity index is 4.03. The fraction of sp³-hybridized carbons (Fsp3) is 0.333. The van der Waals surface area contributed by atoms with E-state index in [1.165, 1.54) is 0 Å². The maximum absolute atomic E-state index is 4.14. The molecule has 0 N–H and O–H groups in total. The second-order valence-corrected chi connectivity index (χ2v) is 2.41. The molecule has 0 radical (unpaired) electrons. The van der Waals surface area contributed by atoms with Crippen LogP contribution in [0.2, 0.25) is 0 Å². The van der Waals surface area contributed by atoms with Crippen molar-refractivity contribution in [3.63, 3.8) is 0 Å². The first kappa shape index (κ1) is 8.18. The van der Waals surface area contributed by atoms with Crippen molar-refractivity contribution in [1.29, 1.82) is 0 Å². The summed E-state index contributed by atoms with van der Waals surface area (Å²) in [6.07, 6.45) is 2.61. The fourth-order valence-electron chi connectivity index (χ4n) is 0.299. The van der Waals surface area contributed by atoms with E-state index in [1.807, 2.05) is 6.92 Å². The van der Waals surface area contributed by atoms with E-state index in [1.54, 1.807) is 6.08 Å². The third kappa shape index (κ3) is 2.48. The van der Waals surface area contributed by atoms with E-state index in [4.69, 9.17) is 0 Å². The average molecular weight is 146 g/mol. The Morgan fingerprint density at radius 2 is 2.12 bits per heavy atom. The Morgan fingerprint density at radius 1 is 1.62 bits per heavy atom. The molecular formula is C6H10S2. The van der Waals surface area contributed by atoms with Crippen molar-refractivity contribution in [3.8, 4) is 0 Å². The van der Waals surface area contributed by atoms with Gasteiger partial charge in [0, 0.05) is 4.91 Å². The van der Waals surface area contributed by atoms with E-state index in [0.717, 1.165) is 16.2 Å². The molecule has 0 saturated carbocycles. The summed E-state index contributed by atoms with van der Waals surface area (Å²) in [7, 11) is 0. The smallest absolute Gasteiger partial charge is 0.0127 e. The molecule has 0 unspecified atom stereocenters. The minimum Gasteiger partial charge on any atom is -0.147 e. The van der Waals surface area contributed by atoms with Gasteiger partial charge in [-0.3, -0.25) is 0 Å². The first-order valence-electron chi connectivity index (χ1n) is 2.45. The molecule has 0 atom stereocenters.